The molecule has 0 radical (unpaired) electrons. The molecule has 0 aromatic heterocycles. The van der Waals surface area contributed by atoms with Crippen LogP contribution >= 0.6 is 0 Å². The van der Waals surface area contributed by atoms with Gasteiger partial charge in [-0.05, 0) is 19.8 Å². The van der Waals surface area contributed by atoms with Crippen LogP contribution in [0.4, 0.5) is 0 Å². The number of nitrogens with two attached hydrogens (primary N) is 1. The Kier molecular flexibility index (Phi) is 3.52. The lowest BCUT2D eigenvalue weighted by Crippen LogP contribution is -2.36. The Labute approximate surface area is 67.9 Å². The molecule has 0 aliphatic carbocycles. The Morgan fingerprint density at radius 3 is 2.27 bits per heavy atom. The maximum atomic E-state index is 10.8. The van der Waals surface area contributed by atoms with Gasteiger partial charge in [0, 0.05) is 0 Å². The highest BCUT2D eigenvalue weighted by Gasteiger charge is 2.25. The van der Waals surface area contributed by atoms with Gasteiger partial charge in [-0.25, -0.2) is 0 Å². The maximum Gasteiger partial charge on any atom is 0.320 e. The Balaban J connectivity index is 4.01. The average molecular weight is 159 g/mol. The minimum atomic E-state index is -0.406. The summed E-state index contributed by atoms with van der Waals surface area (Å²) >= 11 is 0. The summed E-state index contributed by atoms with van der Waals surface area (Å²) in [5.74, 6) is -0.0401. The molecule has 2 N–H and O–H groups in total. The van der Waals surface area contributed by atoms with Gasteiger partial charge in [0.05, 0.1) is 6.54 Å². The molecule has 0 heterocycles. The summed E-state index contributed by atoms with van der Waals surface area (Å²) in [6.45, 7) is 7.72. The molecule has 11 heavy (non-hydrogen) atoms. The Morgan fingerprint density at radius 1 is 1.55 bits per heavy atom. The molecule has 0 bridgehead atoms. The van der Waals surface area contributed by atoms with E-state index in [1.807, 2.05) is 27.7 Å². The third-order valence-corrected chi connectivity index (χ3v) is 1.93. The van der Waals surface area contributed by atoms with Gasteiger partial charge in [0.1, 0.15) is 5.60 Å². The van der Waals surface area contributed by atoms with E-state index < -0.39 is 5.60 Å². The zero-order valence-electron chi connectivity index (χ0n) is 7.68. The number of hydrogen-bond donors (Lipinski definition) is 1. The summed E-state index contributed by atoms with van der Waals surface area (Å²) in [5.41, 5.74) is 4.70. The van der Waals surface area contributed by atoms with Crippen molar-refractivity contribution < 1.29 is 9.53 Å². The predicted octanol–water partition coefficient (Wildman–Crippen LogP) is 0.923. The summed E-state index contributed by atoms with van der Waals surface area (Å²) in [5, 5.41) is 0. The summed E-state index contributed by atoms with van der Waals surface area (Å²) < 4.78 is 5.08. The quantitative estimate of drug-likeness (QED) is 0.623. The molecule has 66 valence electrons. The van der Waals surface area contributed by atoms with Crippen LogP contribution in [0.3, 0.4) is 0 Å². The van der Waals surface area contributed by atoms with Crippen molar-refractivity contribution in [2.24, 2.45) is 11.7 Å². The van der Waals surface area contributed by atoms with E-state index >= 15 is 0 Å². The van der Waals surface area contributed by atoms with Crippen molar-refractivity contribution in [2.45, 2.75) is 33.3 Å². The van der Waals surface area contributed by atoms with Gasteiger partial charge >= 0.3 is 5.97 Å². The van der Waals surface area contributed by atoms with Gasteiger partial charge in [0.25, 0.3) is 0 Å². The van der Waals surface area contributed by atoms with Gasteiger partial charge in [-0.15, -0.1) is 0 Å². The monoisotopic (exact) mass is 159 g/mol. The topological polar surface area (TPSA) is 52.3 Å². The summed E-state index contributed by atoms with van der Waals surface area (Å²) in [7, 11) is 0. The largest absolute Gasteiger partial charge is 0.458 e. The Hall–Kier alpha value is -0.570. The second-order valence-electron chi connectivity index (χ2n) is 3.44. The first kappa shape index (κ1) is 10.4. The third kappa shape index (κ3) is 3.37. The lowest BCUT2D eigenvalue weighted by Gasteiger charge is -2.28. The zero-order chi connectivity index (χ0) is 9.07. The van der Waals surface area contributed by atoms with Gasteiger partial charge in [-0.1, -0.05) is 13.8 Å². The molecule has 0 aromatic rings. The Bertz CT molecular complexity index is 141. The summed E-state index contributed by atoms with van der Waals surface area (Å²) in [6, 6.07) is 0. The Morgan fingerprint density at radius 2 is 2.00 bits per heavy atom. The lowest BCUT2D eigenvalue weighted by molar-refractivity contribution is -0.158. The SMILES string of the molecule is CC(C)C(C)(C)OC(=O)CN. The molecule has 3 heteroatoms. The van der Waals surface area contributed by atoms with Crippen LogP contribution < -0.4 is 5.73 Å². The van der Waals surface area contributed by atoms with E-state index in [0.717, 1.165) is 0 Å². The maximum absolute atomic E-state index is 10.8. The molecule has 0 saturated heterocycles. The van der Waals surface area contributed by atoms with Crippen LogP contribution in [0.5, 0.6) is 0 Å². The molecule has 0 unspecified atom stereocenters. The lowest BCUT2D eigenvalue weighted by atomic mass is 9.95. The van der Waals surface area contributed by atoms with Crippen molar-refractivity contribution in [2.75, 3.05) is 6.54 Å². The number of carbonyl (C=O) groups excluding carboxylic acids is 1. The number of carbonyl (C=O) groups is 1. The van der Waals surface area contributed by atoms with E-state index in [4.69, 9.17) is 10.5 Å². The highest BCUT2D eigenvalue weighted by molar-refractivity contribution is 5.71. The van der Waals surface area contributed by atoms with Crippen molar-refractivity contribution in [3.63, 3.8) is 0 Å². The first-order valence-corrected chi connectivity index (χ1v) is 3.82. The molecule has 0 spiro atoms. The number of hydrogen-bond acceptors (Lipinski definition) is 3. The first-order chi connectivity index (χ1) is 4.90. The summed E-state index contributed by atoms with van der Waals surface area (Å²) in [4.78, 5) is 10.8. The van der Waals surface area contributed by atoms with E-state index in [2.05, 4.69) is 0 Å². The number of ether oxygens (including phenoxy) is 1. The van der Waals surface area contributed by atoms with E-state index in [-0.39, 0.29) is 12.5 Å². The second-order valence-corrected chi connectivity index (χ2v) is 3.44. The van der Waals surface area contributed by atoms with E-state index in [9.17, 15) is 4.79 Å². The first-order valence-electron chi connectivity index (χ1n) is 3.82. The van der Waals surface area contributed by atoms with Crippen LogP contribution in [0.15, 0.2) is 0 Å². The predicted molar refractivity (Wildman–Crippen MR) is 44.1 cm³/mol. The smallest absolute Gasteiger partial charge is 0.320 e. The standard InChI is InChI=1S/C8H17NO2/c1-6(2)8(3,4)11-7(10)5-9/h6H,5,9H2,1-4H3. The number of rotatable bonds is 3. The third-order valence-electron chi connectivity index (χ3n) is 1.93. The van der Waals surface area contributed by atoms with Crippen LogP contribution in [0, 0.1) is 5.92 Å². The van der Waals surface area contributed by atoms with Crippen molar-refractivity contribution in [1.29, 1.82) is 0 Å². The van der Waals surface area contributed by atoms with Gasteiger partial charge < -0.3 is 10.5 Å². The molecule has 0 fully saturated rings. The van der Waals surface area contributed by atoms with Gasteiger partial charge in [0.15, 0.2) is 0 Å². The molecule has 3 nitrogen and oxygen atoms in total. The zero-order valence-corrected chi connectivity index (χ0v) is 7.68. The molecule has 0 amide bonds. The van der Waals surface area contributed by atoms with Crippen LogP contribution in [-0.4, -0.2) is 18.1 Å². The minimum absolute atomic E-state index is 0.0455. The van der Waals surface area contributed by atoms with E-state index in [1.54, 1.807) is 0 Å². The molecule has 0 saturated carbocycles. The van der Waals surface area contributed by atoms with Gasteiger partial charge in [-0.2, -0.15) is 0 Å². The van der Waals surface area contributed by atoms with Crippen molar-refractivity contribution in [3.8, 4) is 0 Å². The normalized spacial score (nSPS) is 11.8. The second kappa shape index (κ2) is 3.72. The van der Waals surface area contributed by atoms with Crippen molar-refractivity contribution in [3.05, 3.63) is 0 Å². The van der Waals surface area contributed by atoms with E-state index in [0.29, 0.717) is 5.92 Å². The minimum Gasteiger partial charge on any atom is -0.458 e. The van der Waals surface area contributed by atoms with Crippen LogP contribution in [-0.2, 0) is 9.53 Å². The van der Waals surface area contributed by atoms with Crippen LogP contribution in [0.2, 0.25) is 0 Å². The summed E-state index contributed by atoms with van der Waals surface area (Å²) in [6.07, 6.45) is 0. The molecule has 0 rings (SSSR count). The highest BCUT2D eigenvalue weighted by Crippen LogP contribution is 2.19. The molecule has 0 aliphatic heterocycles. The molecule has 0 aromatic carbocycles. The van der Waals surface area contributed by atoms with Crippen molar-refractivity contribution >= 4 is 5.97 Å². The molecule has 0 aliphatic rings. The molecule has 0 atom stereocenters. The molecular weight excluding hydrogens is 142 g/mol. The highest BCUT2D eigenvalue weighted by atomic mass is 16.6. The average Bonchev–Trinajstić information content (AvgIpc) is 1.86. The fourth-order valence-electron chi connectivity index (χ4n) is 0.453. The van der Waals surface area contributed by atoms with E-state index in [1.165, 1.54) is 0 Å². The number of esters is 1. The van der Waals surface area contributed by atoms with Crippen LogP contribution in [0.25, 0.3) is 0 Å². The van der Waals surface area contributed by atoms with Gasteiger partial charge in [-0.3, -0.25) is 4.79 Å². The van der Waals surface area contributed by atoms with Crippen molar-refractivity contribution in [1.82, 2.24) is 0 Å². The molecular formula is C8H17NO2. The van der Waals surface area contributed by atoms with Gasteiger partial charge in [0.2, 0.25) is 0 Å². The van der Waals surface area contributed by atoms with Crippen LogP contribution in [0.1, 0.15) is 27.7 Å². The fourth-order valence-corrected chi connectivity index (χ4v) is 0.453. The fraction of sp³-hybridized carbons (Fsp3) is 0.875.